The van der Waals surface area contributed by atoms with E-state index in [9.17, 15) is 21.4 Å². The molecule has 0 fully saturated rings. The highest BCUT2D eigenvalue weighted by molar-refractivity contribution is 8.00. The number of sulfonamides is 1. The molecule has 0 aliphatic heterocycles. The van der Waals surface area contributed by atoms with Gasteiger partial charge in [0, 0.05) is 29.5 Å². The van der Waals surface area contributed by atoms with Gasteiger partial charge >= 0.3 is 0 Å². The van der Waals surface area contributed by atoms with Crippen LogP contribution in [0.3, 0.4) is 0 Å². The number of thioether (sulfide) groups is 1. The molecule has 8 nitrogen and oxygen atoms in total. The van der Waals surface area contributed by atoms with Gasteiger partial charge in [-0.1, -0.05) is 36.0 Å². The zero-order valence-corrected chi connectivity index (χ0v) is 20.0. The summed E-state index contributed by atoms with van der Waals surface area (Å²) in [6, 6.07) is 14.5. The van der Waals surface area contributed by atoms with Crippen LogP contribution in [0, 0.1) is 0 Å². The third-order valence-electron chi connectivity index (χ3n) is 4.72. The molecular weight excluding hydrogens is 491 g/mol. The maximum Gasteiger partial charge on any atom is 0.295 e. The number of aromatic nitrogens is 1. The van der Waals surface area contributed by atoms with Crippen molar-refractivity contribution in [1.82, 2.24) is 9.71 Å². The van der Waals surface area contributed by atoms with Crippen LogP contribution < -0.4 is 10.0 Å². The number of anilines is 1. The van der Waals surface area contributed by atoms with E-state index in [1.807, 2.05) is 6.26 Å². The summed E-state index contributed by atoms with van der Waals surface area (Å²) in [5.74, 6) is 0. The monoisotopic (exact) mass is 509 g/mol. The summed E-state index contributed by atoms with van der Waals surface area (Å²) < 4.78 is 62.4. The maximum absolute atomic E-state index is 12.7. The summed E-state index contributed by atoms with van der Waals surface area (Å²) in [6.45, 7) is 0.381. The molecule has 1 heterocycles. The molecule has 0 aliphatic carbocycles. The van der Waals surface area contributed by atoms with Gasteiger partial charge < -0.3 is 5.32 Å². The smallest absolute Gasteiger partial charge is 0.295 e. The van der Waals surface area contributed by atoms with Crippen LogP contribution in [-0.4, -0.2) is 45.7 Å². The van der Waals surface area contributed by atoms with Gasteiger partial charge in [0.2, 0.25) is 10.0 Å². The second kappa shape index (κ2) is 8.96. The van der Waals surface area contributed by atoms with Crippen molar-refractivity contribution in [2.75, 3.05) is 24.7 Å². The maximum atomic E-state index is 12.7. The van der Waals surface area contributed by atoms with Gasteiger partial charge in [0.05, 0.1) is 15.1 Å². The molecule has 0 amide bonds. The van der Waals surface area contributed by atoms with Gasteiger partial charge in [-0.2, -0.15) is 8.42 Å². The molecule has 0 saturated carbocycles. The Balaban J connectivity index is 1.47. The van der Waals surface area contributed by atoms with Crippen LogP contribution in [0.4, 0.5) is 5.69 Å². The average molecular weight is 510 g/mol. The van der Waals surface area contributed by atoms with Crippen LogP contribution in [0.1, 0.15) is 0 Å². The Hall–Kier alpha value is -2.22. The highest BCUT2D eigenvalue weighted by Gasteiger charge is 2.17. The van der Waals surface area contributed by atoms with E-state index in [1.165, 1.54) is 35.2 Å². The fourth-order valence-corrected chi connectivity index (χ4v) is 6.49. The summed E-state index contributed by atoms with van der Waals surface area (Å²) >= 11 is 3.02. The van der Waals surface area contributed by atoms with Crippen molar-refractivity contribution < 1.29 is 21.4 Å². The Morgan fingerprint density at radius 1 is 1.00 bits per heavy atom. The topological polar surface area (TPSA) is 125 Å². The van der Waals surface area contributed by atoms with E-state index in [0.717, 1.165) is 9.04 Å². The zero-order chi connectivity index (χ0) is 22.9. The van der Waals surface area contributed by atoms with Gasteiger partial charge in [-0.05, 0) is 36.6 Å². The van der Waals surface area contributed by atoms with Crippen molar-refractivity contribution >= 4 is 69.9 Å². The molecule has 12 heteroatoms. The number of nitrogens with zero attached hydrogens (tertiary/aromatic N) is 1. The second-order valence-electron chi connectivity index (χ2n) is 6.77. The van der Waals surface area contributed by atoms with Crippen molar-refractivity contribution in [3.8, 4) is 0 Å². The number of benzene rings is 3. The lowest BCUT2D eigenvalue weighted by molar-refractivity contribution is 0.484. The molecular formula is C20H19N3O5S4. The first kappa shape index (κ1) is 23.0. The third kappa shape index (κ3) is 4.75. The summed E-state index contributed by atoms with van der Waals surface area (Å²) in [5.41, 5.74) is 1.27. The molecule has 0 unspecified atom stereocenters. The predicted octanol–water partition coefficient (Wildman–Crippen LogP) is 3.81. The molecule has 0 bridgehead atoms. The summed E-state index contributed by atoms with van der Waals surface area (Å²) in [5, 5.41) is 4.09. The first-order valence-corrected chi connectivity index (χ1v) is 14.3. The highest BCUT2D eigenvalue weighted by atomic mass is 32.2. The van der Waals surface area contributed by atoms with Crippen molar-refractivity contribution in [2.24, 2.45) is 0 Å². The van der Waals surface area contributed by atoms with Crippen LogP contribution in [0.5, 0.6) is 0 Å². The Labute approximate surface area is 193 Å². The molecule has 0 atom stereocenters. The second-order valence-corrected chi connectivity index (χ2v) is 12.0. The van der Waals surface area contributed by atoms with Crippen molar-refractivity contribution in [3.63, 3.8) is 0 Å². The molecule has 32 heavy (non-hydrogen) atoms. The lowest BCUT2D eigenvalue weighted by Crippen LogP contribution is -2.29. The summed E-state index contributed by atoms with van der Waals surface area (Å²) in [4.78, 5) is 4.38. The lowest BCUT2D eigenvalue weighted by Gasteiger charge is -2.12. The predicted molar refractivity (Wildman–Crippen MR) is 129 cm³/mol. The molecule has 168 valence electrons. The molecule has 4 rings (SSSR count). The van der Waals surface area contributed by atoms with Crippen molar-refractivity contribution in [3.05, 3.63) is 54.6 Å². The molecule has 0 aliphatic rings. The van der Waals surface area contributed by atoms with Crippen LogP contribution >= 0.6 is 23.1 Å². The van der Waals surface area contributed by atoms with Gasteiger partial charge in [-0.25, -0.2) is 18.1 Å². The van der Waals surface area contributed by atoms with E-state index in [0.29, 0.717) is 22.0 Å². The van der Waals surface area contributed by atoms with E-state index in [-0.39, 0.29) is 22.9 Å². The first-order valence-electron chi connectivity index (χ1n) is 9.36. The molecule has 3 aromatic carbocycles. The van der Waals surface area contributed by atoms with Gasteiger partial charge in [-0.3, -0.25) is 4.55 Å². The summed E-state index contributed by atoms with van der Waals surface area (Å²) in [6.07, 6.45) is 1.92. The number of thiazole rings is 1. The van der Waals surface area contributed by atoms with Crippen LogP contribution in [-0.2, 0) is 20.1 Å². The molecule has 0 spiro atoms. The Kier molecular flexibility index (Phi) is 6.43. The standard InChI is InChI=1S/C20H19N3O5S4/c1-29-20-23-17-12-13(8-9-18(17)30-20)31(24,25)22-11-10-21-16-6-2-5-15-14(16)4-3-7-19(15)32(26,27)28/h2-9,12,21-22H,10-11H2,1H3,(H,26,27,28). The zero-order valence-electron chi connectivity index (χ0n) is 16.8. The van der Waals surface area contributed by atoms with E-state index in [2.05, 4.69) is 15.0 Å². The number of hydrogen-bond acceptors (Lipinski definition) is 8. The van der Waals surface area contributed by atoms with E-state index in [4.69, 9.17) is 0 Å². The first-order chi connectivity index (χ1) is 15.2. The largest absolute Gasteiger partial charge is 0.383 e. The minimum Gasteiger partial charge on any atom is -0.383 e. The normalized spacial score (nSPS) is 12.4. The number of nitrogens with one attached hydrogen (secondary N) is 2. The van der Waals surface area contributed by atoms with Gasteiger partial charge in [-0.15, -0.1) is 11.3 Å². The molecule has 0 saturated heterocycles. The van der Waals surface area contributed by atoms with Crippen molar-refractivity contribution in [1.29, 1.82) is 0 Å². The lowest BCUT2D eigenvalue weighted by atomic mass is 10.1. The molecule has 3 N–H and O–H groups in total. The average Bonchev–Trinajstić information content (AvgIpc) is 3.18. The van der Waals surface area contributed by atoms with Gasteiger partial charge in [0.1, 0.15) is 4.90 Å². The minimum absolute atomic E-state index is 0.113. The number of rotatable bonds is 8. The fraction of sp³-hybridized carbons (Fsp3) is 0.150. The molecule has 0 radical (unpaired) electrons. The molecule has 1 aromatic heterocycles. The third-order valence-corrected chi connectivity index (χ3v) is 9.11. The minimum atomic E-state index is -4.36. The number of fused-ring (bicyclic) bond motifs is 2. The van der Waals surface area contributed by atoms with E-state index < -0.39 is 20.1 Å². The van der Waals surface area contributed by atoms with Gasteiger partial charge in [0.25, 0.3) is 10.1 Å². The summed E-state index contributed by atoms with van der Waals surface area (Å²) in [7, 11) is -8.08. The van der Waals surface area contributed by atoms with Crippen molar-refractivity contribution in [2.45, 2.75) is 14.1 Å². The van der Waals surface area contributed by atoms with Crippen LogP contribution in [0.25, 0.3) is 21.0 Å². The Morgan fingerprint density at radius 3 is 2.50 bits per heavy atom. The Bertz CT molecular complexity index is 1520. The number of hydrogen-bond donors (Lipinski definition) is 3. The quantitative estimate of drug-likeness (QED) is 0.186. The fourth-order valence-electron chi connectivity index (χ4n) is 3.27. The SMILES string of the molecule is CSc1nc2cc(S(=O)(=O)NCCNc3cccc4c(S(=O)(=O)O)cccc34)ccc2s1. The Morgan fingerprint density at radius 2 is 1.75 bits per heavy atom. The van der Waals surface area contributed by atoms with Crippen LogP contribution in [0.15, 0.2) is 68.7 Å². The van der Waals surface area contributed by atoms with E-state index >= 15 is 0 Å². The molecule has 4 aromatic rings. The van der Waals surface area contributed by atoms with Gasteiger partial charge in [0.15, 0.2) is 4.34 Å². The van der Waals surface area contributed by atoms with Crippen LogP contribution in [0.2, 0.25) is 0 Å². The van der Waals surface area contributed by atoms with E-state index in [1.54, 1.807) is 42.5 Å². The highest BCUT2D eigenvalue weighted by Crippen LogP contribution is 2.30.